The number of aromatic nitrogens is 3. The molecule has 0 bridgehead atoms. The topological polar surface area (TPSA) is 79.9 Å². The van der Waals surface area contributed by atoms with E-state index in [9.17, 15) is 18.0 Å². The second kappa shape index (κ2) is 6.39. The lowest BCUT2D eigenvalue weighted by molar-refractivity contribution is -0.142. The van der Waals surface area contributed by atoms with Crippen molar-refractivity contribution >= 4 is 34.4 Å². The molecule has 0 unspecified atom stereocenters. The van der Waals surface area contributed by atoms with Crippen LogP contribution in [0.1, 0.15) is 12.7 Å². The summed E-state index contributed by atoms with van der Waals surface area (Å²) in [7, 11) is 0. The third kappa shape index (κ3) is 4.23. The highest BCUT2D eigenvalue weighted by Gasteiger charge is 2.27. The predicted molar refractivity (Wildman–Crippen MR) is 73.8 cm³/mol. The van der Waals surface area contributed by atoms with E-state index in [0.29, 0.717) is 5.52 Å². The third-order valence-corrected chi connectivity index (χ3v) is 2.75. The molecule has 2 aromatic heterocycles. The molecule has 0 fully saturated rings. The van der Waals surface area contributed by atoms with E-state index in [4.69, 9.17) is 16.3 Å². The first-order valence-corrected chi connectivity index (χ1v) is 6.67. The number of halogens is 4. The first kappa shape index (κ1) is 16.3. The summed E-state index contributed by atoms with van der Waals surface area (Å²) >= 11 is 5.77. The Balaban J connectivity index is 2.28. The zero-order valence-electron chi connectivity index (χ0n) is 11.4. The van der Waals surface area contributed by atoms with E-state index in [2.05, 4.69) is 20.3 Å². The molecule has 6 nitrogen and oxygen atoms in total. The second-order valence-corrected chi connectivity index (χ2v) is 4.71. The van der Waals surface area contributed by atoms with E-state index in [1.165, 1.54) is 6.07 Å². The molecule has 0 aliphatic rings. The van der Waals surface area contributed by atoms with Gasteiger partial charge < -0.3 is 15.0 Å². The molecule has 0 aromatic carbocycles. The Bertz CT molecular complexity index is 687. The Morgan fingerprint density at radius 3 is 2.82 bits per heavy atom. The highest BCUT2D eigenvalue weighted by molar-refractivity contribution is 6.30. The molecule has 0 atom stereocenters. The quantitative estimate of drug-likeness (QED) is 0.648. The molecule has 10 heteroatoms. The molecular formula is C12H12ClF3N4O2. The van der Waals surface area contributed by atoms with Gasteiger partial charge in [0, 0.05) is 6.07 Å². The summed E-state index contributed by atoms with van der Waals surface area (Å²) in [6, 6.07) is 1.41. The smallest absolute Gasteiger partial charge is 0.405 e. The largest absolute Gasteiger partial charge is 0.466 e. The highest BCUT2D eigenvalue weighted by Crippen LogP contribution is 2.24. The van der Waals surface area contributed by atoms with Gasteiger partial charge in [0.1, 0.15) is 29.5 Å². The standard InChI is InChI=1S/C12H12ClF3N4O2/c1-2-22-9(21)4-8-18-6-3-7(13)19-11(10(6)20-8)17-5-12(14,15)16/h3H,2,4-5H2,1H3,(H,17,19)(H,18,20). The van der Waals surface area contributed by atoms with Crippen LogP contribution in [0.5, 0.6) is 0 Å². The molecule has 0 aliphatic heterocycles. The summed E-state index contributed by atoms with van der Waals surface area (Å²) in [5.74, 6) is -0.343. The van der Waals surface area contributed by atoms with Crippen molar-refractivity contribution in [3.05, 3.63) is 17.0 Å². The molecule has 2 N–H and O–H groups in total. The lowest BCUT2D eigenvalue weighted by atomic mass is 10.4. The van der Waals surface area contributed by atoms with E-state index >= 15 is 0 Å². The lowest BCUT2D eigenvalue weighted by Gasteiger charge is -2.09. The van der Waals surface area contributed by atoms with Crippen molar-refractivity contribution < 1.29 is 22.7 Å². The summed E-state index contributed by atoms with van der Waals surface area (Å²) < 4.78 is 41.7. The number of ether oxygens (including phenoxy) is 1. The van der Waals surface area contributed by atoms with Gasteiger partial charge in [0.15, 0.2) is 5.82 Å². The number of nitrogens with one attached hydrogen (secondary N) is 2. The molecule has 0 aliphatic carbocycles. The average Bonchev–Trinajstić information content (AvgIpc) is 2.77. The van der Waals surface area contributed by atoms with E-state index < -0.39 is 18.7 Å². The number of rotatable bonds is 5. The number of alkyl halides is 3. The van der Waals surface area contributed by atoms with E-state index in [1.807, 2.05) is 0 Å². The minimum Gasteiger partial charge on any atom is -0.466 e. The lowest BCUT2D eigenvalue weighted by Crippen LogP contribution is -2.22. The molecular weight excluding hydrogens is 325 g/mol. The van der Waals surface area contributed by atoms with Crippen molar-refractivity contribution in [2.24, 2.45) is 0 Å². The molecule has 2 rings (SSSR count). The molecule has 2 heterocycles. The summed E-state index contributed by atoms with van der Waals surface area (Å²) in [6.45, 7) is 0.625. The van der Waals surface area contributed by atoms with Crippen LogP contribution in [-0.4, -0.2) is 40.2 Å². The summed E-state index contributed by atoms with van der Waals surface area (Å²) in [6.07, 6.45) is -4.53. The molecule has 0 radical (unpaired) electrons. The van der Waals surface area contributed by atoms with Crippen LogP contribution in [-0.2, 0) is 16.0 Å². The Morgan fingerprint density at radius 2 is 2.18 bits per heavy atom. The average molecular weight is 337 g/mol. The molecule has 0 amide bonds. The van der Waals surface area contributed by atoms with Crippen LogP contribution in [0.2, 0.25) is 5.15 Å². The van der Waals surface area contributed by atoms with Gasteiger partial charge in [-0.15, -0.1) is 0 Å². The minimum absolute atomic E-state index is 0.00325. The fraction of sp³-hybridized carbons (Fsp3) is 0.417. The van der Waals surface area contributed by atoms with Gasteiger partial charge in [-0.1, -0.05) is 11.6 Å². The summed E-state index contributed by atoms with van der Waals surface area (Å²) in [5.41, 5.74) is 0.553. The number of fused-ring (bicyclic) bond motifs is 1. The van der Waals surface area contributed by atoms with E-state index in [1.54, 1.807) is 6.92 Å². The Morgan fingerprint density at radius 1 is 1.45 bits per heavy atom. The van der Waals surface area contributed by atoms with Gasteiger partial charge in [0.25, 0.3) is 0 Å². The molecule has 120 valence electrons. The van der Waals surface area contributed by atoms with E-state index in [-0.39, 0.29) is 35.3 Å². The van der Waals surface area contributed by atoms with Gasteiger partial charge in [0.2, 0.25) is 0 Å². The van der Waals surface area contributed by atoms with Crippen LogP contribution in [0.15, 0.2) is 6.07 Å². The molecule has 22 heavy (non-hydrogen) atoms. The third-order valence-electron chi connectivity index (χ3n) is 2.56. The maximum atomic E-state index is 12.3. The van der Waals surface area contributed by atoms with Crippen LogP contribution in [0, 0.1) is 0 Å². The number of anilines is 1. The fourth-order valence-corrected chi connectivity index (χ4v) is 1.97. The highest BCUT2D eigenvalue weighted by atomic mass is 35.5. The van der Waals surface area contributed by atoms with Crippen LogP contribution < -0.4 is 5.32 Å². The Hall–Kier alpha value is -2.03. The van der Waals surface area contributed by atoms with Crippen LogP contribution >= 0.6 is 11.6 Å². The zero-order valence-corrected chi connectivity index (χ0v) is 12.2. The van der Waals surface area contributed by atoms with Crippen molar-refractivity contribution in [3.63, 3.8) is 0 Å². The van der Waals surface area contributed by atoms with Gasteiger partial charge in [-0.3, -0.25) is 4.79 Å². The molecule has 0 saturated heterocycles. The summed E-state index contributed by atoms with van der Waals surface area (Å²) in [5, 5.41) is 2.14. The Kier molecular flexibility index (Phi) is 4.74. The fourth-order valence-electron chi connectivity index (χ4n) is 1.77. The van der Waals surface area contributed by atoms with Gasteiger partial charge in [0.05, 0.1) is 12.1 Å². The minimum atomic E-state index is -4.40. The number of H-pyrrole nitrogens is 1. The first-order valence-electron chi connectivity index (χ1n) is 6.30. The normalized spacial score (nSPS) is 11.7. The number of pyridine rings is 1. The Labute approximate surface area is 128 Å². The van der Waals surface area contributed by atoms with Gasteiger partial charge >= 0.3 is 12.1 Å². The number of nitrogens with zero attached hydrogens (tertiary/aromatic N) is 2. The van der Waals surface area contributed by atoms with Crippen LogP contribution in [0.25, 0.3) is 11.0 Å². The predicted octanol–water partition coefficient (Wildman–Crippen LogP) is 2.69. The number of hydrogen-bond donors (Lipinski definition) is 2. The monoisotopic (exact) mass is 336 g/mol. The van der Waals surface area contributed by atoms with Crippen LogP contribution in [0.4, 0.5) is 19.0 Å². The summed E-state index contributed by atoms with van der Waals surface area (Å²) in [4.78, 5) is 22.1. The van der Waals surface area contributed by atoms with Crippen LogP contribution in [0.3, 0.4) is 0 Å². The number of carbonyl (C=O) groups is 1. The maximum Gasteiger partial charge on any atom is 0.405 e. The van der Waals surface area contributed by atoms with Crippen molar-refractivity contribution in [2.45, 2.75) is 19.5 Å². The molecule has 2 aromatic rings. The van der Waals surface area contributed by atoms with Crippen molar-refractivity contribution in [3.8, 4) is 0 Å². The first-order chi connectivity index (χ1) is 10.3. The molecule has 0 saturated carbocycles. The number of esters is 1. The number of carbonyl (C=O) groups excluding carboxylic acids is 1. The van der Waals surface area contributed by atoms with Gasteiger partial charge in [-0.05, 0) is 6.92 Å². The van der Waals surface area contributed by atoms with Gasteiger partial charge in [-0.2, -0.15) is 13.2 Å². The molecule has 0 spiro atoms. The maximum absolute atomic E-state index is 12.3. The number of aromatic amines is 1. The van der Waals surface area contributed by atoms with Gasteiger partial charge in [-0.25, -0.2) is 9.97 Å². The zero-order chi connectivity index (χ0) is 16.3. The van der Waals surface area contributed by atoms with Crippen molar-refractivity contribution in [2.75, 3.05) is 18.5 Å². The second-order valence-electron chi connectivity index (χ2n) is 4.32. The van der Waals surface area contributed by atoms with Crippen molar-refractivity contribution in [1.82, 2.24) is 15.0 Å². The number of imidazole rings is 1. The number of hydrogen-bond acceptors (Lipinski definition) is 5. The van der Waals surface area contributed by atoms with E-state index in [0.717, 1.165) is 0 Å². The SMILES string of the molecule is CCOC(=O)Cc1nc2c(NCC(F)(F)F)nc(Cl)cc2[nH]1. The van der Waals surface area contributed by atoms with Crippen molar-refractivity contribution in [1.29, 1.82) is 0 Å².